The molecule has 0 atom stereocenters. The molecule has 2 fully saturated rings. The van der Waals surface area contributed by atoms with Gasteiger partial charge in [-0.25, -0.2) is 4.79 Å². The van der Waals surface area contributed by atoms with Crippen molar-refractivity contribution in [3.63, 3.8) is 0 Å². The second-order valence-electron chi connectivity index (χ2n) is 7.23. The van der Waals surface area contributed by atoms with E-state index in [0.29, 0.717) is 23.3 Å². The molecule has 27 heavy (non-hydrogen) atoms. The fraction of sp³-hybridized carbons (Fsp3) is 0.526. The Labute approximate surface area is 158 Å². The number of hydrogen-bond acceptors (Lipinski definition) is 7. The van der Waals surface area contributed by atoms with Gasteiger partial charge in [0.2, 0.25) is 0 Å². The van der Waals surface area contributed by atoms with Gasteiger partial charge in [0.15, 0.2) is 0 Å². The summed E-state index contributed by atoms with van der Waals surface area (Å²) >= 11 is 0. The van der Waals surface area contributed by atoms with E-state index in [1.807, 2.05) is 13.1 Å². The van der Waals surface area contributed by atoms with E-state index >= 15 is 0 Å². The largest absolute Gasteiger partial charge is 0.465 e. The average Bonchev–Trinajstić information content (AvgIpc) is 3.01. The topological polar surface area (TPSA) is 84.3 Å². The van der Waals surface area contributed by atoms with Gasteiger partial charge in [0.25, 0.3) is 0 Å². The quantitative estimate of drug-likeness (QED) is 0.775. The minimum atomic E-state index is -0.386. The molecule has 2 aliphatic heterocycles. The maximum Gasteiger partial charge on any atom is 0.340 e. The van der Waals surface area contributed by atoms with Gasteiger partial charge < -0.3 is 15.4 Å². The first kappa shape index (κ1) is 17.9. The van der Waals surface area contributed by atoms with Gasteiger partial charge >= 0.3 is 5.97 Å². The smallest absolute Gasteiger partial charge is 0.340 e. The standard InChI is InChI=1S/C19H26N6O2/c1-13-18(22-17-11-20-6-3-16(17)19(26)27-2)12-25(23-13)14-4-7-24(8-5-14)15-9-21-10-15/h3,6,11-12,14-15,21-22H,4-5,7-10H2,1-2H3. The number of nitrogens with zero attached hydrogens (tertiary/aromatic N) is 4. The molecular weight excluding hydrogens is 344 g/mol. The lowest BCUT2D eigenvalue weighted by Gasteiger charge is -2.42. The Morgan fingerprint density at radius 1 is 1.26 bits per heavy atom. The number of hydrogen-bond donors (Lipinski definition) is 2. The van der Waals surface area contributed by atoms with Gasteiger partial charge in [-0.15, -0.1) is 0 Å². The second kappa shape index (κ2) is 7.66. The molecule has 2 aromatic rings. The molecule has 2 N–H and O–H groups in total. The SMILES string of the molecule is COC(=O)c1ccncc1Nc1cn(C2CCN(C3CNC3)CC2)nc1C. The van der Waals surface area contributed by atoms with E-state index in [1.165, 1.54) is 7.11 Å². The first-order valence-corrected chi connectivity index (χ1v) is 9.45. The Hall–Kier alpha value is -2.45. The van der Waals surface area contributed by atoms with Crippen LogP contribution in [-0.2, 0) is 4.74 Å². The summed E-state index contributed by atoms with van der Waals surface area (Å²) in [4.78, 5) is 18.7. The zero-order valence-corrected chi connectivity index (χ0v) is 15.8. The minimum Gasteiger partial charge on any atom is -0.465 e. The number of esters is 1. The molecule has 4 heterocycles. The first-order valence-electron chi connectivity index (χ1n) is 9.45. The fourth-order valence-electron chi connectivity index (χ4n) is 3.77. The summed E-state index contributed by atoms with van der Waals surface area (Å²) in [5.41, 5.74) is 2.88. The lowest BCUT2D eigenvalue weighted by molar-refractivity contribution is 0.0602. The second-order valence-corrected chi connectivity index (χ2v) is 7.23. The normalized spacial score (nSPS) is 18.9. The molecule has 0 bridgehead atoms. The zero-order valence-electron chi connectivity index (χ0n) is 15.8. The molecule has 0 aliphatic carbocycles. The molecule has 0 radical (unpaired) electrons. The predicted molar refractivity (Wildman–Crippen MR) is 102 cm³/mol. The van der Waals surface area contributed by atoms with E-state index in [1.54, 1.807) is 18.5 Å². The highest BCUT2D eigenvalue weighted by molar-refractivity contribution is 5.96. The predicted octanol–water partition coefficient (Wildman–Crippen LogP) is 1.73. The van der Waals surface area contributed by atoms with Crippen LogP contribution in [0.25, 0.3) is 0 Å². The third kappa shape index (κ3) is 3.68. The lowest BCUT2D eigenvalue weighted by atomic mass is 10.0. The first-order chi connectivity index (χ1) is 13.2. The van der Waals surface area contributed by atoms with Crippen molar-refractivity contribution < 1.29 is 9.53 Å². The number of carbonyl (C=O) groups is 1. The Bertz CT molecular complexity index is 808. The van der Waals surface area contributed by atoms with Crippen molar-refractivity contribution >= 4 is 17.3 Å². The van der Waals surface area contributed by atoms with Gasteiger partial charge in [-0.05, 0) is 25.8 Å². The summed E-state index contributed by atoms with van der Waals surface area (Å²) in [6.45, 7) is 6.45. The molecule has 0 spiro atoms. The summed E-state index contributed by atoms with van der Waals surface area (Å²) in [7, 11) is 1.38. The van der Waals surface area contributed by atoms with Crippen LogP contribution in [0.1, 0.15) is 34.9 Å². The highest BCUT2D eigenvalue weighted by Crippen LogP contribution is 2.28. The van der Waals surface area contributed by atoms with E-state index < -0.39 is 0 Å². The van der Waals surface area contributed by atoms with Crippen LogP contribution in [0, 0.1) is 6.92 Å². The van der Waals surface area contributed by atoms with E-state index in [-0.39, 0.29) is 5.97 Å². The number of nitrogens with one attached hydrogen (secondary N) is 2. The number of piperidine rings is 1. The number of aromatic nitrogens is 3. The highest BCUT2D eigenvalue weighted by atomic mass is 16.5. The molecule has 2 aliphatic rings. The molecule has 8 nitrogen and oxygen atoms in total. The summed E-state index contributed by atoms with van der Waals surface area (Å²) in [6, 6.07) is 2.78. The van der Waals surface area contributed by atoms with Crippen molar-refractivity contribution in [3.05, 3.63) is 35.9 Å². The highest BCUT2D eigenvalue weighted by Gasteiger charge is 2.29. The number of aryl methyl sites for hydroxylation is 1. The molecule has 0 unspecified atom stereocenters. The van der Waals surface area contributed by atoms with Crippen LogP contribution >= 0.6 is 0 Å². The molecule has 2 aromatic heterocycles. The van der Waals surface area contributed by atoms with E-state index in [9.17, 15) is 4.79 Å². The average molecular weight is 370 g/mol. The third-order valence-corrected chi connectivity index (χ3v) is 5.56. The summed E-state index contributed by atoms with van der Waals surface area (Å²) in [6.07, 6.45) is 7.47. The van der Waals surface area contributed by atoms with Gasteiger partial charge in [0, 0.05) is 44.6 Å². The fourth-order valence-corrected chi connectivity index (χ4v) is 3.77. The van der Waals surface area contributed by atoms with Gasteiger partial charge in [-0.2, -0.15) is 5.10 Å². The van der Waals surface area contributed by atoms with E-state index in [0.717, 1.165) is 50.4 Å². The van der Waals surface area contributed by atoms with Crippen LogP contribution in [0.15, 0.2) is 24.7 Å². The molecule has 0 amide bonds. The van der Waals surface area contributed by atoms with Crippen LogP contribution < -0.4 is 10.6 Å². The van der Waals surface area contributed by atoms with E-state index in [2.05, 4.69) is 25.2 Å². The van der Waals surface area contributed by atoms with Crippen LogP contribution in [0.4, 0.5) is 11.4 Å². The number of carbonyl (C=O) groups excluding carboxylic acids is 1. The van der Waals surface area contributed by atoms with Crippen LogP contribution in [0.5, 0.6) is 0 Å². The van der Waals surface area contributed by atoms with Crippen molar-refractivity contribution in [1.29, 1.82) is 0 Å². The zero-order chi connectivity index (χ0) is 18.8. The Kier molecular flexibility index (Phi) is 5.09. The van der Waals surface area contributed by atoms with Crippen molar-refractivity contribution in [2.45, 2.75) is 31.8 Å². The number of ether oxygens (including phenoxy) is 1. The van der Waals surface area contributed by atoms with Crippen molar-refractivity contribution in [3.8, 4) is 0 Å². The van der Waals surface area contributed by atoms with Crippen molar-refractivity contribution in [2.24, 2.45) is 0 Å². The molecular formula is C19H26N6O2. The molecule has 4 rings (SSSR count). The Morgan fingerprint density at radius 2 is 2.04 bits per heavy atom. The van der Waals surface area contributed by atoms with Crippen LogP contribution in [-0.4, -0.2) is 65.0 Å². The number of likely N-dealkylation sites (tertiary alicyclic amines) is 1. The summed E-state index contributed by atoms with van der Waals surface area (Å²) in [5.74, 6) is -0.386. The Balaban J connectivity index is 1.46. The van der Waals surface area contributed by atoms with Crippen molar-refractivity contribution in [2.75, 3.05) is 38.6 Å². The number of rotatable bonds is 5. The van der Waals surface area contributed by atoms with Gasteiger partial charge in [0.05, 0.1) is 42.0 Å². The van der Waals surface area contributed by atoms with E-state index in [4.69, 9.17) is 9.84 Å². The minimum absolute atomic E-state index is 0.386. The number of anilines is 2. The van der Waals surface area contributed by atoms with Crippen LogP contribution in [0.3, 0.4) is 0 Å². The molecule has 0 saturated carbocycles. The maximum absolute atomic E-state index is 12.0. The number of methoxy groups -OCH3 is 1. The lowest BCUT2D eigenvalue weighted by Crippen LogP contribution is -2.58. The third-order valence-electron chi connectivity index (χ3n) is 5.56. The molecule has 8 heteroatoms. The monoisotopic (exact) mass is 370 g/mol. The van der Waals surface area contributed by atoms with Gasteiger partial charge in [-0.3, -0.25) is 14.6 Å². The molecule has 2 saturated heterocycles. The molecule has 0 aromatic carbocycles. The number of pyridine rings is 1. The van der Waals surface area contributed by atoms with Crippen molar-refractivity contribution in [1.82, 2.24) is 25.0 Å². The molecule has 144 valence electrons. The maximum atomic E-state index is 12.0. The Morgan fingerprint density at radius 3 is 2.70 bits per heavy atom. The van der Waals surface area contributed by atoms with Crippen LogP contribution in [0.2, 0.25) is 0 Å². The summed E-state index contributed by atoms with van der Waals surface area (Å²) in [5, 5.41) is 11.4. The summed E-state index contributed by atoms with van der Waals surface area (Å²) < 4.78 is 6.92. The van der Waals surface area contributed by atoms with Gasteiger partial charge in [0.1, 0.15) is 0 Å². The van der Waals surface area contributed by atoms with Gasteiger partial charge in [-0.1, -0.05) is 0 Å².